The molecule has 2 unspecified atom stereocenters. The number of likely N-dealkylation sites (N-methyl/N-ethyl adjacent to an activating group) is 1. The number of aryl methyl sites for hydroxylation is 1. The van der Waals surface area contributed by atoms with Crippen LogP contribution < -0.4 is 0 Å². The number of nitrogens with zero attached hydrogens (tertiary/aromatic N) is 2. The van der Waals surface area contributed by atoms with Gasteiger partial charge in [-0.25, -0.2) is 0 Å². The highest BCUT2D eigenvalue weighted by Crippen LogP contribution is 2.31. The molecule has 2 heterocycles. The highest BCUT2D eigenvalue weighted by atomic mass is 32.1. The molecule has 0 aliphatic carbocycles. The molecule has 1 aliphatic rings. The standard InChI is InChI=1S/C14H24N2OS/c1-4-15-6-7-16(12(3)9-15)13(10-17)14-11(2)5-8-18-14/h5,8,12-13,17H,4,6-7,9-10H2,1-3H3. The molecule has 0 radical (unpaired) electrons. The van der Waals surface area contributed by atoms with Crippen molar-refractivity contribution in [1.82, 2.24) is 9.80 Å². The van der Waals surface area contributed by atoms with Gasteiger partial charge in [0.25, 0.3) is 0 Å². The lowest BCUT2D eigenvalue weighted by Crippen LogP contribution is -2.53. The zero-order valence-electron chi connectivity index (χ0n) is 11.6. The average Bonchev–Trinajstić information content (AvgIpc) is 2.78. The maximum absolute atomic E-state index is 9.77. The van der Waals surface area contributed by atoms with Gasteiger partial charge in [-0.15, -0.1) is 11.3 Å². The van der Waals surface area contributed by atoms with E-state index in [0.29, 0.717) is 6.04 Å². The molecule has 102 valence electrons. The molecule has 1 saturated heterocycles. The second-order valence-electron chi connectivity index (χ2n) is 5.15. The fraction of sp³-hybridized carbons (Fsp3) is 0.714. The van der Waals surface area contributed by atoms with Crippen LogP contribution in [0.5, 0.6) is 0 Å². The Bertz CT molecular complexity index is 380. The summed E-state index contributed by atoms with van der Waals surface area (Å²) < 4.78 is 0. The molecular formula is C14H24N2OS. The van der Waals surface area contributed by atoms with Crippen LogP contribution in [-0.2, 0) is 0 Å². The van der Waals surface area contributed by atoms with Gasteiger partial charge in [0.2, 0.25) is 0 Å². The number of aliphatic hydroxyl groups excluding tert-OH is 1. The highest BCUT2D eigenvalue weighted by molar-refractivity contribution is 7.10. The van der Waals surface area contributed by atoms with Gasteiger partial charge in [-0.2, -0.15) is 0 Å². The van der Waals surface area contributed by atoms with E-state index in [2.05, 4.69) is 42.0 Å². The van der Waals surface area contributed by atoms with Crippen molar-refractivity contribution in [2.24, 2.45) is 0 Å². The van der Waals surface area contributed by atoms with Crippen molar-refractivity contribution in [1.29, 1.82) is 0 Å². The van der Waals surface area contributed by atoms with Gasteiger partial charge >= 0.3 is 0 Å². The predicted octanol–water partition coefficient (Wildman–Crippen LogP) is 2.12. The molecule has 1 aromatic heterocycles. The number of hydrogen-bond donors (Lipinski definition) is 1. The molecular weight excluding hydrogens is 244 g/mol. The molecule has 4 heteroatoms. The Morgan fingerprint density at radius 1 is 1.50 bits per heavy atom. The van der Waals surface area contributed by atoms with E-state index < -0.39 is 0 Å². The number of thiophene rings is 1. The van der Waals surface area contributed by atoms with E-state index in [1.807, 2.05) is 0 Å². The molecule has 1 aliphatic heterocycles. The summed E-state index contributed by atoms with van der Waals surface area (Å²) in [6, 6.07) is 2.84. The third-order valence-electron chi connectivity index (χ3n) is 3.99. The van der Waals surface area contributed by atoms with Crippen LogP contribution in [0.15, 0.2) is 11.4 Å². The molecule has 2 rings (SSSR count). The molecule has 0 spiro atoms. The normalized spacial score (nSPS) is 24.3. The van der Waals surface area contributed by atoms with Gasteiger partial charge in [-0.05, 0) is 37.4 Å². The van der Waals surface area contributed by atoms with E-state index >= 15 is 0 Å². The van der Waals surface area contributed by atoms with Crippen molar-refractivity contribution in [3.05, 3.63) is 21.9 Å². The molecule has 1 N–H and O–H groups in total. The molecule has 0 bridgehead atoms. The maximum Gasteiger partial charge on any atom is 0.0680 e. The predicted molar refractivity (Wildman–Crippen MR) is 77.2 cm³/mol. The summed E-state index contributed by atoms with van der Waals surface area (Å²) in [4.78, 5) is 6.27. The average molecular weight is 268 g/mol. The monoisotopic (exact) mass is 268 g/mol. The zero-order chi connectivity index (χ0) is 13.1. The van der Waals surface area contributed by atoms with Crippen molar-refractivity contribution in [3.8, 4) is 0 Å². The first-order valence-corrected chi connectivity index (χ1v) is 7.68. The van der Waals surface area contributed by atoms with Crippen LogP contribution in [0.3, 0.4) is 0 Å². The lowest BCUT2D eigenvalue weighted by atomic mass is 10.1. The summed E-state index contributed by atoms with van der Waals surface area (Å²) in [7, 11) is 0. The van der Waals surface area contributed by atoms with Crippen molar-refractivity contribution in [2.75, 3.05) is 32.8 Å². The minimum absolute atomic E-state index is 0.180. The van der Waals surface area contributed by atoms with E-state index in [1.165, 1.54) is 10.4 Å². The van der Waals surface area contributed by atoms with E-state index in [4.69, 9.17) is 0 Å². The van der Waals surface area contributed by atoms with Crippen molar-refractivity contribution in [2.45, 2.75) is 32.9 Å². The van der Waals surface area contributed by atoms with Gasteiger partial charge in [0.1, 0.15) is 0 Å². The lowest BCUT2D eigenvalue weighted by Gasteiger charge is -2.43. The number of aliphatic hydroxyl groups is 1. The van der Waals surface area contributed by atoms with E-state index in [9.17, 15) is 5.11 Å². The minimum atomic E-state index is 0.180. The van der Waals surface area contributed by atoms with E-state index in [1.54, 1.807) is 11.3 Å². The number of piperazine rings is 1. The Morgan fingerprint density at radius 3 is 2.78 bits per heavy atom. The Hall–Kier alpha value is -0.420. The van der Waals surface area contributed by atoms with Crippen molar-refractivity contribution >= 4 is 11.3 Å². The lowest BCUT2D eigenvalue weighted by molar-refractivity contribution is 0.0282. The number of rotatable bonds is 4. The fourth-order valence-corrected chi connectivity index (χ4v) is 3.90. The topological polar surface area (TPSA) is 26.7 Å². The second-order valence-corrected chi connectivity index (χ2v) is 6.09. The largest absolute Gasteiger partial charge is 0.394 e. The summed E-state index contributed by atoms with van der Waals surface area (Å²) in [6.07, 6.45) is 0. The van der Waals surface area contributed by atoms with Crippen LogP contribution in [0.2, 0.25) is 0 Å². The smallest absolute Gasteiger partial charge is 0.0680 e. The highest BCUT2D eigenvalue weighted by Gasteiger charge is 2.30. The van der Waals surface area contributed by atoms with Gasteiger partial charge in [0.15, 0.2) is 0 Å². The summed E-state index contributed by atoms with van der Waals surface area (Å²) >= 11 is 1.77. The first kappa shape index (κ1) is 14.0. The fourth-order valence-electron chi connectivity index (χ4n) is 2.86. The first-order chi connectivity index (χ1) is 8.67. The third-order valence-corrected chi connectivity index (χ3v) is 5.11. The summed E-state index contributed by atoms with van der Waals surface area (Å²) in [5.74, 6) is 0. The summed E-state index contributed by atoms with van der Waals surface area (Å²) in [6.45, 7) is 11.2. The zero-order valence-corrected chi connectivity index (χ0v) is 12.4. The molecule has 3 nitrogen and oxygen atoms in total. The first-order valence-electron chi connectivity index (χ1n) is 6.80. The van der Waals surface area contributed by atoms with Gasteiger partial charge in [0, 0.05) is 30.6 Å². The second kappa shape index (κ2) is 6.15. The maximum atomic E-state index is 9.77. The third kappa shape index (κ3) is 2.77. The van der Waals surface area contributed by atoms with Crippen molar-refractivity contribution in [3.63, 3.8) is 0 Å². The molecule has 2 atom stereocenters. The SMILES string of the molecule is CCN1CCN(C(CO)c2sccc2C)C(C)C1. The van der Waals surface area contributed by atoms with Crippen molar-refractivity contribution < 1.29 is 5.11 Å². The molecule has 0 aromatic carbocycles. The van der Waals surface area contributed by atoms with Crippen LogP contribution in [0.4, 0.5) is 0 Å². The van der Waals surface area contributed by atoms with Crippen LogP contribution in [0.25, 0.3) is 0 Å². The van der Waals surface area contributed by atoms with Gasteiger partial charge in [-0.1, -0.05) is 6.92 Å². The summed E-state index contributed by atoms with van der Waals surface area (Å²) in [5.41, 5.74) is 1.31. The quantitative estimate of drug-likeness (QED) is 0.906. The molecule has 0 saturated carbocycles. The summed E-state index contributed by atoms with van der Waals surface area (Å²) in [5, 5.41) is 11.9. The van der Waals surface area contributed by atoms with Crippen LogP contribution in [0, 0.1) is 6.92 Å². The van der Waals surface area contributed by atoms with E-state index in [-0.39, 0.29) is 12.6 Å². The Kier molecular flexibility index (Phi) is 4.78. The van der Waals surface area contributed by atoms with Gasteiger partial charge in [-0.3, -0.25) is 4.90 Å². The van der Waals surface area contributed by atoms with Gasteiger partial charge in [0.05, 0.1) is 12.6 Å². The van der Waals surface area contributed by atoms with Crippen LogP contribution in [-0.4, -0.2) is 53.7 Å². The minimum Gasteiger partial charge on any atom is -0.394 e. The van der Waals surface area contributed by atoms with Gasteiger partial charge < -0.3 is 10.0 Å². The van der Waals surface area contributed by atoms with Crippen LogP contribution in [0.1, 0.15) is 30.3 Å². The van der Waals surface area contributed by atoms with E-state index in [0.717, 1.165) is 26.2 Å². The molecule has 18 heavy (non-hydrogen) atoms. The Balaban J connectivity index is 2.12. The molecule has 0 amide bonds. The van der Waals surface area contributed by atoms with Crippen LogP contribution >= 0.6 is 11.3 Å². The molecule has 1 aromatic rings. The molecule has 1 fully saturated rings. The Labute approximate surface area is 114 Å². The Morgan fingerprint density at radius 2 is 2.28 bits per heavy atom. The number of hydrogen-bond acceptors (Lipinski definition) is 4.